The number of nitrogens with one attached hydrogen (secondary N) is 2. The summed E-state index contributed by atoms with van der Waals surface area (Å²) in [5.74, 6) is -0.358. The summed E-state index contributed by atoms with van der Waals surface area (Å²) >= 11 is 0. The van der Waals surface area contributed by atoms with E-state index in [2.05, 4.69) is 4.98 Å². The van der Waals surface area contributed by atoms with Crippen LogP contribution in [0.25, 0.3) is 0 Å². The van der Waals surface area contributed by atoms with Crippen LogP contribution in [0, 0.1) is 0 Å². The second kappa shape index (κ2) is 4.54. The van der Waals surface area contributed by atoms with Crippen molar-refractivity contribution in [1.82, 2.24) is 14.9 Å². The first kappa shape index (κ1) is 11.6. The summed E-state index contributed by atoms with van der Waals surface area (Å²) in [4.78, 5) is 40.0. The Bertz CT molecular complexity index is 505. The van der Waals surface area contributed by atoms with Crippen molar-refractivity contribution in [2.45, 2.75) is 18.9 Å². The highest BCUT2D eigenvalue weighted by Gasteiger charge is 2.23. The van der Waals surface area contributed by atoms with E-state index in [1.807, 2.05) is 4.98 Å². The Morgan fingerprint density at radius 2 is 2.18 bits per heavy atom. The minimum Gasteiger partial charge on any atom is -0.336 e. The number of carbonyl (C=O) groups excluding carboxylic acids is 1. The number of piperidine rings is 1. The molecule has 1 fully saturated rings. The summed E-state index contributed by atoms with van der Waals surface area (Å²) < 4.78 is 0. The summed E-state index contributed by atoms with van der Waals surface area (Å²) in [7, 11) is 0. The molecule has 2 heterocycles. The van der Waals surface area contributed by atoms with Crippen molar-refractivity contribution in [3.8, 4) is 0 Å². The average Bonchev–Trinajstić information content (AvgIpc) is 2.26. The first-order chi connectivity index (χ1) is 8.06. The van der Waals surface area contributed by atoms with Crippen molar-refractivity contribution in [2.24, 2.45) is 5.73 Å². The molecule has 1 unspecified atom stereocenters. The van der Waals surface area contributed by atoms with E-state index < -0.39 is 11.2 Å². The summed E-state index contributed by atoms with van der Waals surface area (Å²) in [6.45, 7) is 1.05. The lowest BCUT2D eigenvalue weighted by molar-refractivity contribution is 0.0702. The number of nitrogens with two attached hydrogens (primary N) is 1. The predicted molar refractivity (Wildman–Crippen MR) is 60.8 cm³/mol. The van der Waals surface area contributed by atoms with E-state index in [0.717, 1.165) is 18.9 Å². The van der Waals surface area contributed by atoms with Crippen molar-refractivity contribution in [3.63, 3.8) is 0 Å². The molecule has 0 radical (unpaired) electrons. The van der Waals surface area contributed by atoms with Gasteiger partial charge in [-0.2, -0.15) is 0 Å². The molecule has 1 aromatic heterocycles. The summed E-state index contributed by atoms with van der Waals surface area (Å²) in [6.07, 6.45) is 1.72. The number of hydrogen-bond acceptors (Lipinski definition) is 4. The molecule has 0 aliphatic carbocycles. The molecule has 0 saturated carbocycles. The van der Waals surface area contributed by atoms with Crippen LogP contribution in [-0.2, 0) is 0 Å². The van der Waals surface area contributed by atoms with Gasteiger partial charge < -0.3 is 15.6 Å². The Kier molecular flexibility index (Phi) is 3.10. The molecule has 1 aromatic rings. The molecule has 92 valence electrons. The van der Waals surface area contributed by atoms with E-state index in [1.54, 1.807) is 4.90 Å². The van der Waals surface area contributed by atoms with Crippen molar-refractivity contribution in [2.75, 3.05) is 13.1 Å². The van der Waals surface area contributed by atoms with Crippen LogP contribution in [0.1, 0.15) is 23.3 Å². The fraction of sp³-hybridized carbons (Fsp3) is 0.500. The molecule has 17 heavy (non-hydrogen) atoms. The molecular formula is C10H14N4O3. The van der Waals surface area contributed by atoms with Gasteiger partial charge >= 0.3 is 5.69 Å². The first-order valence-electron chi connectivity index (χ1n) is 5.45. The molecule has 0 aromatic carbocycles. The van der Waals surface area contributed by atoms with Gasteiger partial charge in [0, 0.05) is 25.2 Å². The van der Waals surface area contributed by atoms with Gasteiger partial charge in [-0.25, -0.2) is 4.79 Å². The number of rotatable bonds is 1. The highest BCUT2D eigenvalue weighted by atomic mass is 16.2. The maximum absolute atomic E-state index is 12.0. The topological polar surface area (TPSA) is 112 Å². The van der Waals surface area contributed by atoms with E-state index in [9.17, 15) is 14.4 Å². The van der Waals surface area contributed by atoms with E-state index in [0.29, 0.717) is 13.1 Å². The minimum atomic E-state index is -0.679. The Balaban J connectivity index is 2.24. The fourth-order valence-corrected chi connectivity index (χ4v) is 1.95. The molecule has 2 rings (SSSR count). The molecule has 0 bridgehead atoms. The van der Waals surface area contributed by atoms with Gasteiger partial charge in [0.05, 0.1) is 0 Å². The van der Waals surface area contributed by atoms with E-state index >= 15 is 0 Å². The van der Waals surface area contributed by atoms with E-state index in [-0.39, 0.29) is 17.6 Å². The normalized spacial score (nSPS) is 20.3. The number of aromatic nitrogens is 2. The van der Waals surface area contributed by atoms with Crippen molar-refractivity contribution in [3.05, 3.63) is 32.6 Å². The second-order valence-corrected chi connectivity index (χ2v) is 4.15. The predicted octanol–water partition coefficient (Wildman–Crippen LogP) is -1.37. The van der Waals surface area contributed by atoms with Gasteiger partial charge in [-0.15, -0.1) is 0 Å². The second-order valence-electron chi connectivity index (χ2n) is 4.15. The Hall–Kier alpha value is -1.89. The lowest BCUT2D eigenvalue weighted by atomic mass is 10.1. The van der Waals surface area contributed by atoms with Crippen molar-refractivity contribution >= 4 is 5.91 Å². The maximum atomic E-state index is 12.0. The molecule has 7 nitrogen and oxygen atoms in total. The fourth-order valence-electron chi connectivity index (χ4n) is 1.95. The third-order valence-corrected chi connectivity index (χ3v) is 2.74. The minimum absolute atomic E-state index is 0.00727. The van der Waals surface area contributed by atoms with Crippen LogP contribution in [0.2, 0.25) is 0 Å². The van der Waals surface area contributed by atoms with Gasteiger partial charge in [0.1, 0.15) is 5.69 Å². The van der Waals surface area contributed by atoms with E-state index in [1.165, 1.54) is 0 Å². The summed E-state index contributed by atoms with van der Waals surface area (Å²) in [5, 5.41) is 0. The third kappa shape index (κ3) is 2.62. The number of hydrogen-bond donors (Lipinski definition) is 3. The summed E-state index contributed by atoms with van der Waals surface area (Å²) in [5.41, 5.74) is 4.51. The maximum Gasteiger partial charge on any atom is 0.326 e. The highest BCUT2D eigenvalue weighted by molar-refractivity contribution is 5.92. The molecule has 0 spiro atoms. The number of aromatic amines is 2. The SMILES string of the molecule is NC1CCCN(C(=O)c2cc(=O)[nH]c(=O)[nH]2)C1. The molecule has 4 N–H and O–H groups in total. The number of nitrogens with zero attached hydrogens (tertiary/aromatic N) is 1. The van der Waals surface area contributed by atoms with Gasteiger partial charge in [0.2, 0.25) is 0 Å². The quantitative estimate of drug-likeness (QED) is 0.560. The Labute approximate surface area is 96.6 Å². The molecular weight excluding hydrogens is 224 g/mol. The third-order valence-electron chi connectivity index (χ3n) is 2.74. The molecule has 7 heteroatoms. The van der Waals surface area contributed by atoms with Crippen LogP contribution < -0.4 is 17.0 Å². The number of amides is 1. The zero-order valence-electron chi connectivity index (χ0n) is 9.23. The smallest absolute Gasteiger partial charge is 0.326 e. The highest BCUT2D eigenvalue weighted by Crippen LogP contribution is 2.10. The van der Waals surface area contributed by atoms with Gasteiger partial charge in [0.15, 0.2) is 0 Å². The van der Waals surface area contributed by atoms with Crippen LogP contribution in [0.5, 0.6) is 0 Å². The lowest BCUT2D eigenvalue weighted by Crippen LogP contribution is -2.46. The average molecular weight is 238 g/mol. The largest absolute Gasteiger partial charge is 0.336 e. The monoisotopic (exact) mass is 238 g/mol. The Morgan fingerprint density at radius 1 is 1.41 bits per heavy atom. The van der Waals surface area contributed by atoms with Gasteiger partial charge in [0.25, 0.3) is 11.5 Å². The van der Waals surface area contributed by atoms with Crippen molar-refractivity contribution in [1.29, 1.82) is 0 Å². The number of H-pyrrole nitrogens is 2. The standard InChI is InChI=1S/C10H14N4O3/c11-6-2-1-3-14(5-6)9(16)7-4-8(15)13-10(17)12-7/h4,6H,1-3,5,11H2,(H2,12,13,15,17). The van der Waals surface area contributed by atoms with Crippen LogP contribution in [0.15, 0.2) is 15.7 Å². The van der Waals surface area contributed by atoms with Crippen LogP contribution in [0.4, 0.5) is 0 Å². The van der Waals surface area contributed by atoms with Crippen LogP contribution in [-0.4, -0.2) is 39.9 Å². The van der Waals surface area contributed by atoms with E-state index in [4.69, 9.17) is 5.73 Å². The number of likely N-dealkylation sites (tertiary alicyclic amines) is 1. The molecule has 1 atom stereocenters. The zero-order valence-corrected chi connectivity index (χ0v) is 9.23. The van der Waals surface area contributed by atoms with Gasteiger partial charge in [-0.05, 0) is 12.8 Å². The van der Waals surface area contributed by atoms with Crippen LogP contribution in [0.3, 0.4) is 0 Å². The van der Waals surface area contributed by atoms with Gasteiger partial charge in [-0.3, -0.25) is 14.6 Å². The molecule has 1 amide bonds. The van der Waals surface area contributed by atoms with Gasteiger partial charge in [-0.1, -0.05) is 0 Å². The number of carbonyl (C=O) groups is 1. The van der Waals surface area contributed by atoms with Crippen LogP contribution >= 0.6 is 0 Å². The molecule has 1 aliphatic heterocycles. The Morgan fingerprint density at radius 3 is 2.82 bits per heavy atom. The first-order valence-corrected chi connectivity index (χ1v) is 5.45. The summed E-state index contributed by atoms with van der Waals surface area (Å²) in [6, 6.07) is 1.05. The molecule has 1 aliphatic rings. The zero-order chi connectivity index (χ0) is 12.4. The molecule has 1 saturated heterocycles. The lowest BCUT2D eigenvalue weighted by Gasteiger charge is -2.30. The van der Waals surface area contributed by atoms with Crippen molar-refractivity contribution < 1.29 is 4.79 Å².